The van der Waals surface area contributed by atoms with Crippen LogP contribution in [0.15, 0.2) is 6.20 Å². The number of aryl methyl sites for hydroxylation is 1. The Morgan fingerprint density at radius 1 is 1.67 bits per heavy atom. The van der Waals surface area contributed by atoms with Gasteiger partial charge in [0.15, 0.2) is 0 Å². The number of aromatic nitrogens is 2. The van der Waals surface area contributed by atoms with Gasteiger partial charge in [0, 0.05) is 17.8 Å². The van der Waals surface area contributed by atoms with Crippen molar-refractivity contribution in [2.24, 2.45) is 0 Å². The highest BCUT2D eigenvalue weighted by Crippen LogP contribution is 2.15. The molecule has 0 aromatic carbocycles. The van der Waals surface area contributed by atoms with Crippen LogP contribution in [0.4, 0.5) is 0 Å². The molecule has 0 saturated carbocycles. The topological polar surface area (TPSA) is 38.0 Å². The summed E-state index contributed by atoms with van der Waals surface area (Å²) < 4.78 is 1.93. The fraction of sp³-hybridized carbons (Fsp3) is 0.667. The lowest BCUT2D eigenvalue weighted by molar-refractivity contribution is 0.198. The Hall–Kier alpha value is -0.830. The van der Waals surface area contributed by atoms with E-state index in [1.54, 1.807) is 13.1 Å². The lowest BCUT2D eigenvalue weighted by Crippen LogP contribution is -2.02. The molecule has 1 unspecified atom stereocenters. The monoisotopic (exact) mass is 168 g/mol. The number of hydrogen-bond acceptors (Lipinski definition) is 2. The highest BCUT2D eigenvalue weighted by atomic mass is 16.3. The van der Waals surface area contributed by atoms with E-state index >= 15 is 0 Å². The number of hydrogen-bond donors (Lipinski definition) is 1. The molecule has 1 heterocycles. The SMILES string of the molecule is CCCn1ncc(C(C)O)c1C. The molecule has 1 atom stereocenters. The predicted molar refractivity (Wildman–Crippen MR) is 47.9 cm³/mol. The van der Waals surface area contributed by atoms with E-state index in [9.17, 15) is 5.11 Å². The van der Waals surface area contributed by atoms with Crippen LogP contribution in [0, 0.1) is 6.92 Å². The van der Waals surface area contributed by atoms with Crippen molar-refractivity contribution < 1.29 is 5.11 Å². The zero-order valence-electron chi connectivity index (χ0n) is 7.91. The maximum Gasteiger partial charge on any atom is 0.0795 e. The third kappa shape index (κ3) is 1.67. The van der Waals surface area contributed by atoms with Gasteiger partial charge in [-0.25, -0.2) is 0 Å². The third-order valence-corrected chi connectivity index (χ3v) is 2.03. The molecule has 1 aromatic rings. The standard InChI is InChI=1S/C9H16N2O/c1-4-5-11-7(2)9(6-10-11)8(3)12/h6,8,12H,4-5H2,1-3H3. The molecule has 1 aromatic heterocycles. The number of nitrogens with zero attached hydrogens (tertiary/aromatic N) is 2. The fourth-order valence-corrected chi connectivity index (χ4v) is 1.31. The van der Waals surface area contributed by atoms with Crippen molar-refractivity contribution in [1.82, 2.24) is 9.78 Å². The van der Waals surface area contributed by atoms with Gasteiger partial charge in [-0.15, -0.1) is 0 Å². The summed E-state index contributed by atoms with van der Waals surface area (Å²) in [4.78, 5) is 0. The van der Waals surface area contributed by atoms with Crippen LogP contribution in [-0.2, 0) is 6.54 Å². The number of aliphatic hydroxyl groups excluding tert-OH is 1. The van der Waals surface area contributed by atoms with E-state index in [0.29, 0.717) is 0 Å². The lowest BCUT2D eigenvalue weighted by atomic mass is 10.2. The molecule has 1 rings (SSSR count). The molecular formula is C9H16N2O. The molecule has 0 amide bonds. The van der Waals surface area contributed by atoms with Gasteiger partial charge in [-0.3, -0.25) is 4.68 Å². The van der Waals surface area contributed by atoms with Crippen LogP contribution in [0.1, 0.15) is 37.6 Å². The van der Waals surface area contributed by atoms with E-state index in [1.165, 1.54) is 0 Å². The zero-order valence-corrected chi connectivity index (χ0v) is 7.91. The minimum atomic E-state index is -0.407. The Labute approximate surface area is 73.0 Å². The molecule has 12 heavy (non-hydrogen) atoms. The molecule has 3 nitrogen and oxygen atoms in total. The van der Waals surface area contributed by atoms with Crippen LogP contribution in [0.25, 0.3) is 0 Å². The van der Waals surface area contributed by atoms with Crippen LogP contribution in [-0.4, -0.2) is 14.9 Å². The first-order valence-electron chi connectivity index (χ1n) is 4.37. The van der Waals surface area contributed by atoms with Crippen LogP contribution < -0.4 is 0 Å². The van der Waals surface area contributed by atoms with Crippen molar-refractivity contribution in [3.05, 3.63) is 17.5 Å². The van der Waals surface area contributed by atoms with E-state index in [0.717, 1.165) is 24.2 Å². The summed E-state index contributed by atoms with van der Waals surface area (Å²) >= 11 is 0. The second-order valence-corrected chi connectivity index (χ2v) is 3.08. The average Bonchev–Trinajstić information content (AvgIpc) is 2.34. The summed E-state index contributed by atoms with van der Waals surface area (Å²) in [5, 5.41) is 13.5. The summed E-state index contributed by atoms with van der Waals surface area (Å²) in [6.45, 7) is 6.80. The maximum absolute atomic E-state index is 9.33. The first kappa shape index (κ1) is 9.26. The van der Waals surface area contributed by atoms with Gasteiger partial charge in [-0.1, -0.05) is 6.92 Å². The second kappa shape index (κ2) is 3.72. The Morgan fingerprint density at radius 2 is 2.33 bits per heavy atom. The Bertz CT molecular complexity index is 253. The van der Waals surface area contributed by atoms with Crippen molar-refractivity contribution in [3.8, 4) is 0 Å². The van der Waals surface area contributed by atoms with E-state index in [-0.39, 0.29) is 0 Å². The second-order valence-electron chi connectivity index (χ2n) is 3.08. The van der Waals surface area contributed by atoms with Crippen LogP contribution in [0.3, 0.4) is 0 Å². The largest absolute Gasteiger partial charge is 0.389 e. The van der Waals surface area contributed by atoms with Crippen molar-refractivity contribution in [2.45, 2.75) is 39.8 Å². The molecule has 0 spiro atoms. The van der Waals surface area contributed by atoms with Crippen LogP contribution in [0.2, 0.25) is 0 Å². The minimum absolute atomic E-state index is 0.407. The van der Waals surface area contributed by atoms with Gasteiger partial charge >= 0.3 is 0 Å². The van der Waals surface area contributed by atoms with Crippen LogP contribution in [0.5, 0.6) is 0 Å². The minimum Gasteiger partial charge on any atom is -0.389 e. The molecule has 1 N–H and O–H groups in total. The van der Waals surface area contributed by atoms with E-state index in [2.05, 4.69) is 12.0 Å². The summed E-state index contributed by atoms with van der Waals surface area (Å²) in [5.74, 6) is 0. The highest BCUT2D eigenvalue weighted by molar-refractivity contribution is 5.18. The Kier molecular flexibility index (Phi) is 2.87. The van der Waals surface area contributed by atoms with Gasteiger partial charge in [0.2, 0.25) is 0 Å². The first-order valence-corrected chi connectivity index (χ1v) is 4.37. The van der Waals surface area contributed by atoms with E-state index < -0.39 is 6.10 Å². The molecular weight excluding hydrogens is 152 g/mol. The molecule has 3 heteroatoms. The van der Waals surface area contributed by atoms with Crippen LogP contribution >= 0.6 is 0 Å². The smallest absolute Gasteiger partial charge is 0.0795 e. The lowest BCUT2D eigenvalue weighted by Gasteiger charge is -2.04. The normalized spacial score (nSPS) is 13.3. The van der Waals surface area contributed by atoms with E-state index in [4.69, 9.17) is 0 Å². The van der Waals surface area contributed by atoms with Crippen molar-refractivity contribution in [2.75, 3.05) is 0 Å². The maximum atomic E-state index is 9.33. The number of aliphatic hydroxyl groups is 1. The molecule has 0 aliphatic heterocycles. The summed E-state index contributed by atoms with van der Waals surface area (Å²) in [5.41, 5.74) is 2.01. The van der Waals surface area contributed by atoms with Gasteiger partial charge in [-0.05, 0) is 20.3 Å². The molecule has 0 aliphatic carbocycles. The number of rotatable bonds is 3. The molecule has 0 saturated heterocycles. The highest BCUT2D eigenvalue weighted by Gasteiger charge is 2.09. The first-order chi connectivity index (χ1) is 5.66. The van der Waals surface area contributed by atoms with Gasteiger partial charge in [-0.2, -0.15) is 5.10 Å². The van der Waals surface area contributed by atoms with Crippen molar-refractivity contribution >= 4 is 0 Å². The van der Waals surface area contributed by atoms with E-state index in [1.807, 2.05) is 11.6 Å². The fourth-order valence-electron chi connectivity index (χ4n) is 1.31. The Balaban J connectivity index is 2.88. The molecule has 0 radical (unpaired) electrons. The molecule has 0 bridgehead atoms. The van der Waals surface area contributed by atoms with Crippen molar-refractivity contribution in [3.63, 3.8) is 0 Å². The van der Waals surface area contributed by atoms with Gasteiger partial charge in [0.1, 0.15) is 0 Å². The van der Waals surface area contributed by atoms with Gasteiger partial charge in [0.25, 0.3) is 0 Å². The average molecular weight is 168 g/mol. The van der Waals surface area contributed by atoms with Gasteiger partial charge < -0.3 is 5.11 Å². The third-order valence-electron chi connectivity index (χ3n) is 2.03. The predicted octanol–water partition coefficient (Wildman–Crippen LogP) is 1.65. The van der Waals surface area contributed by atoms with Gasteiger partial charge in [0.05, 0.1) is 12.3 Å². The quantitative estimate of drug-likeness (QED) is 0.745. The summed E-state index contributed by atoms with van der Waals surface area (Å²) in [6.07, 6.45) is 2.41. The molecule has 0 fully saturated rings. The molecule has 0 aliphatic rings. The molecule has 68 valence electrons. The van der Waals surface area contributed by atoms with Crippen molar-refractivity contribution in [1.29, 1.82) is 0 Å². The summed E-state index contributed by atoms with van der Waals surface area (Å²) in [6, 6.07) is 0. The summed E-state index contributed by atoms with van der Waals surface area (Å²) in [7, 11) is 0. The Morgan fingerprint density at radius 3 is 2.75 bits per heavy atom. The zero-order chi connectivity index (χ0) is 9.14.